The van der Waals surface area contributed by atoms with Crippen LogP contribution in [0.4, 0.5) is 4.39 Å². The van der Waals surface area contributed by atoms with Crippen molar-refractivity contribution in [3.63, 3.8) is 0 Å². The summed E-state index contributed by atoms with van der Waals surface area (Å²) in [6, 6.07) is 9.40. The highest BCUT2D eigenvalue weighted by Gasteiger charge is 2.07. The molecule has 0 saturated carbocycles. The minimum absolute atomic E-state index is 0.143. The second-order valence-corrected chi connectivity index (χ2v) is 5.18. The lowest BCUT2D eigenvalue weighted by Crippen LogP contribution is -1.98. The van der Waals surface area contributed by atoms with E-state index in [0.717, 1.165) is 0 Å². The number of rotatable bonds is 3. The van der Waals surface area contributed by atoms with Gasteiger partial charge in [0.05, 0.1) is 5.88 Å². The fourth-order valence-electron chi connectivity index (χ4n) is 1.68. The molecule has 1 nitrogen and oxygen atoms in total. The van der Waals surface area contributed by atoms with Crippen molar-refractivity contribution in [3.05, 3.63) is 63.4 Å². The van der Waals surface area contributed by atoms with E-state index in [1.54, 1.807) is 24.3 Å². The van der Waals surface area contributed by atoms with Crippen LogP contribution in [0, 0.1) is 17.7 Å². The van der Waals surface area contributed by atoms with E-state index in [2.05, 4.69) is 11.8 Å². The molecule has 0 aromatic heterocycles. The van der Waals surface area contributed by atoms with Crippen LogP contribution in [0.25, 0.3) is 0 Å². The zero-order valence-electron chi connectivity index (χ0n) is 10.8. The molecule has 0 unspecified atom stereocenters. The van der Waals surface area contributed by atoms with Gasteiger partial charge in [0.2, 0.25) is 0 Å². The van der Waals surface area contributed by atoms with Gasteiger partial charge >= 0.3 is 0 Å². The fourth-order valence-corrected chi connectivity index (χ4v) is 2.25. The molecule has 0 aliphatic carbocycles. The summed E-state index contributed by atoms with van der Waals surface area (Å²) < 4.78 is 19.1. The van der Waals surface area contributed by atoms with Crippen LogP contribution >= 0.6 is 34.8 Å². The Kier molecular flexibility index (Phi) is 5.76. The average Bonchev–Trinajstić information content (AvgIpc) is 2.44. The number of halogens is 4. The summed E-state index contributed by atoms with van der Waals surface area (Å²) in [7, 11) is 0. The lowest BCUT2D eigenvalue weighted by atomic mass is 10.2. The topological polar surface area (TPSA) is 9.23 Å². The van der Waals surface area contributed by atoms with E-state index in [4.69, 9.17) is 39.5 Å². The van der Waals surface area contributed by atoms with Gasteiger partial charge in [-0.3, -0.25) is 0 Å². The van der Waals surface area contributed by atoms with Crippen LogP contribution in [0.1, 0.15) is 11.1 Å². The summed E-state index contributed by atoms with van der Waals surface area (Å²) >= 11 is 17.6. The molecule has 0 saturated heterocycles. The van der Waals surface area contributed by atoms with Crippen molar-refractivity contribution in [2.45, 2.75) is 6.61 Å². The first kappa shape index (κ1) is 16.0. The van der Waals surface area contributed by atoms with Crippen LogP contribution in [0.2, 0.25) is 10.0 Å². The minimum atomic E-state index is -0.434. The molecule has 0 amide bonds. The number of hydrogen-bond acceptors (Lipinski definition) is 1. The summed E-state index contributed by atoms with van der Waals surface area (Å²) in [6.07, 6.45) is 0. The number of ether oxygens (including phenoxy) is 1. The van der Waals surface area contributed by atoms with Gasteiger partial charge in [0.25, 0.3) is 0 Å². The first-order valence-electron chi connectivity index (χ1n) is 6.01. The SMILES string of the molecule is Fc1cc(C#CCCl)cc(OCc2c(Cl)cccc2Cl)c1. The Morgan fingerprint density at radius 1 is 1.10 bits per heavy atom. The zero-order valence-corrected chi connectivity index (χ0v) is 13.1. The van der Waals surface area contributed by atoms with E-state index in [-0.39, 0.29) is 12.5 Å². The van der Waals surface area contributed by atoms with Crippen molar-refractivity contribution in [1.82, 2.24) is 0 Å². The van der Waals surface area contributed by atoms with Gasteiger partial charge in [-0.1, -0.05) is 41.1 Å². The highest BCUT2D eigenvalue weighted by Crippen LogP contribution is 2.26. The summed E-state index contributed by atoms with van der Waals surface area (Å²) in [4.78, 5) is 0. The van der Waals surface area contributed by atoms with Crippen LogP contribution in [-0.4, -0.2) is 5.88 Å². The molecule has 0 aliphatic heterocycles. The molecule has 0 spiro atoms. The maximum absolute atomic E-state index is 13.5. The molecule has 0 fully saturated rings. The molecule has 0 heterocycles. The van der Waals surface area contributed by atoms with Crippen molar-refractivity contribution in [1.29, 1.82) is 0 Å². The van der Waals surface area contributed by atoms with Gasteiger partial charge in [0, 0.05) is 27.2 Å². The molecule has 2 aromatic rings. The van der Waals surface area contributed by atoms with E-state index in [1.807, 2.05) is 0 Å². The molecule has 0 aliphatic rings. The third-order valence-electron chi connectivity index (χ3n) is 2.62. The summed E-state index contributed by atoms with van der Waals surface area (Å²) in [5, 5.41) is 1.00. The van der Waals surface area contributed by atoms with Crippen LogP contribution in [0.15, 0.2) is 36.4 Å². The number of hydrogen-bond donors (Lipinski definition) is 0. The molecule has 0 atom stereocenters. The van der Waals surface area contributed by atoms with E-state index in [0.29, 0.717) is 26.9 Å². The summed E-state index contributed by atoms with van der Waals surface area (Å²) in [5.74, 6) is 5.50. The van der Waals surface area contributed by atoms with Gasteiger partial charge in [-0.25, -0.2) is 4.39 Å². The molecule has 2 aromatic carbocycles. The molecular formula is C16H10Cl3FO. The van der Waals surface area contributed by atoms with Crippen LogP contribution in [0.5, 0.6) is 5.75 Å². The number of benzene rings is 2. The van der Waals surface area contributed by atoms with Crippen LogP contribution < -0.4 is 4.74 Å². The Balaban J connectivity index is 2.18. The quantitative estimate of drug-likeness (QED) is 0.542. The van der Waals surface area contributed by atoms with E-state index in [1.165, 1.54) is 12.1 Å². The molecule has 2 rings (SSSR count). The predicted octanol–water partition coefficient (Wildman–Crippen LogP) is 5.30. The first-order chi connectivity index (χ1) is 10.1. The third kappa shape index (κ3) is 4.54. The molecule has 108 valence electrons. The van der Waals surface area contributed by atoms with Crippen molar-refractivity contribution < 1.29 is 9.13 Å². The molecule has 0 N–H and O–H groups in total. The third-order valence-corrected chi connectivity index (χ3v) is 3.46. The van der Waals surface area contributed by atoms with Gasteiger partial charge in [0.1, 0.15) is 18.2 Å². The van der Waals surface area contributed by atoms with Crippen molar-refractivity contribution in [3.8, 4) is 17.6 Å². The van der Waals surface area contributed by atoms with E-state index >= 15 is 0 Å². The van der Waals surface area contributed by atoms with E-state index in [9.17, 15) is 4.39 Å². The van der Waals surface area contributed by atoms with Gasteiger partial charge in [-0.2, -0.15) is 0 Å². The molecule has 5 heteroatoms. The van der Waals surface area contributed by atoms with Gasteiger partial charge < -0.3 is 4.74 Å². The highest BCUT2D eigenvalue weighted by atomic mass is 35.5. The zero-order chi connectivity index (χ0) is 15.2. The predicted molar refractivity (Wildman–Crippen MR) is 84.8 cm³/mol. The van der Waals surface area contributed by atoms with Crippen LogP contribution in [-0.2, 0) is 6.61 Å². The molecule has 0 radical (unpaired) electrons. The maximum atomic E-state index is 13.5. The van der Waals surface area contributed by atoms with E-state index < -0.39 is 5.82 Å². The molecule has 21 heavy (non-hydrogen) atoms. The van der Waals surface area contributed by atoms with Crippen LogP contribution in [0.3, 0.4) is 0 Å². The Bertz CT molecular complexity index is 684. The van der Waals surface area contributed by atoms with Gasteiger partial charge in [-0.15, -0.1) is 11.6 Å². The monoisotopic (exact) mass is 342 g/mol. The fraction of sp³-hybridized carbons (Fsp3) is 0.125. The van der Waals surface area contributed by atoms with Crippen molar-refractivity contribution in [2.24, 2.45) is 0 Å². The minimum Gasteiger partial charge on any atom is -0.489 e. The maximum Gasteiger partial charge on any atom is 0.128 e. The Morgan fingerprint density at radius 3 is 2.48 bits per heavy atom. The highest BCUT2D eigenvalue weighted by molar-refractivity contribution is 6.35. The second-order valence-electron chi connectivity index (χ2n) is 4.10. The van der Waals surface area contributed by atoms with Gasteiger partial charge in [0.15, 0.2) is 0 Å². The lowest BCUT2D eigenvalue weighted by molar-refractivity contribution is 0.304. The Morgan fingerprint density at radius 2 is 1.81 bits per heavy atom. The second kappa shape index (κ2) is 7.56. The average molecular weight is 344 g/mol. The lowest BCUT2D eigenvalue weighted by Gasteiger charge is -2.10. The normalized spacial score (nSPS) is 9.90. The Hall–Kier alpha value is -1.40. The Labute approximate surface area is 137 Å². The molecular weight excluding hydrogens is 334 g/mol. The molecule has 0 bridgehead atoms. The summed E-state index contributed by atoms with van der Waals surface area (Å²) in [6.45, 7) is 0.143. The summed E-state index contributed by atoms with van der Waals surface area (Å²) in [5.41, 5.74) is 1.15. The standard InChI is InChI=1S/C16H10Cl3FO/c17-6-2-3-11-7-12(20)9-13(8-11)21-10-14-15(18)4-1-5-16(14)19/h1,4-5,7-9H,6,10H2. The van der Waals surface area contributed by atoms with Crippen molar-refractivity contribution >= 4 is 34.8 Å². The smallest absolute Gasteiger partial charge is 0.128 e. The van der Waals surface area contributed by atoms with Crippen molar-refractivity contribution in [2.75, 3.05) is 5.88 Å². The largest absolute Gasteiger partial charge is 0.489 e. The number of alkyl halides is 1. The first-order valence-corrected chi connectivity index (χ1v) is 7.30. The van der Waals surface area contributed by atoms with Gasteiger partial charge in [-0.05, 0) is 24.3 Å².